The largest absolute Gasteiger partial charge is 0.327 e. The molecule has 0 N–H and O–H groups in total. The van der Waals surface area contributed by atoms with Gasteiger partial charge in [-0.15, -0.1) is 10.2 Å². The highest BCUT2D eigenvalue weighted by molar-refractivity contribution is 5.95. The van der Waals surface area contributed by atoms with Gasteiger partial charge in [0, 0.05) is 24.0 Å². The molecule has 3 heterocycles. The minimum Gasteiger partial charge on any atom is -0.327 e. The fourth-order valence-corrected chi connectivity index (χ4v) is 4.64. The third-order valence-electron chi connectivity index (χ3n) is 6.51. The number of hydrogen-bond acceptors (Lipinski definition) is 4. The fraction of sp³-hybridized carbons (Fsp3) is 0.143. The van der Waals surface area contributed by atoms with Crippen LogP contribution >= 0.6 is 0 Å². The molecule has 0 aliphatic carbocycles. The van der Waals surface area contributed by atoms with Crippen molar-refractivity contribution in [2.45, 2.75) is 19.5 Å². The van der Waals surface area contributed by atoms with Crippen molar-refractivity contribution < 1.29 is 4.79 Å². The standard InChI is InChI=1S/C28H23N5O/c1-19-26-30-31-27(25-16-15-22-9-5-6-10-24(22)29-25)33(26)18-17-32(19)28(34)23-13-11-21(12-14-23)20-7-3-2-4-8-20/h2-16,19H,17-18H2,1H3/t19-/m1/s1. The fourth-order valence-electron chi connectivity index (χ4n) is 4.64. The van der Waals surface area contributed by atoms with E-state index in [0.717, 1.165) is 39.4 Å². The van der Waals surface area contributed by atoms with Gasteiger partial charge in [0.1, 0.15) is 5.69 Å². The van der Waals surface area contributed by atoms with Gasteiger partial charge in [0.2, 0.25) is 0 Å². The van der Waals surface area contributed by atoms with Crippen molar-refractivity contribution in [3.63, 3.8) is 0 Å². The highest BCUT2D eigenvalue weighted by atomic mass is 16.2. The number of hydrogen-bond donors (Lipinski definition) is 0. The lowest BCUT2D eigenvalue weighted by molar-refractivity contribution is 0.0638. The van der Waals surface area contributed by atoms with E-state index in [0.29, 0.717) is 18.7 Å². The Morgan fingerprint density at radius 1 is 0.794 bits per heavy atom. The second kappa shape index (κ2) is 8.23. The first-order chi connectivity index (χ1) is 16.7. The average molecular weight is 446 g/mol. The normalized spacial score (nSPS) is 15.3. The lowest BCUT2D eigenvalue weighted by atomic mass is 10.0. The maximum Gasteiger partial charge on any atom is 0.254 e. The van der Waals surface area contributed by atoms with Gasteiger partial charge in [-0.3, -0.25) is 4.79 Å². The topological polar surface area (TPSA) is 63.9 Å². The van der Waals surface area contributed by atoms with Crippen molar-refractivity contribution in [3.8, 4) is 22.6 Å². The molecule has 1 aliphatic heterocycles. The number of para-hydroxylation sites is 1. The highest BCUT2D eigenvalue weighted by Gasteiger charge is 2.32. The Labute approximate surface area is 197 Å². The van der Waals surface area contributed by atoms with E-state index in [2.05, 4.69) is 33.0 Å². The summed E-state index contributed by atoms with van der Waals surface area (Å²) in [5.41, 5.74) is 4.63. The van der Waals surface area contributed by atoms with Crippen LogP contribution < -0.4 is 0 Å². The molecule has 0 saturated heterocycles. The summed E-state index contributed by atoms with van der Waals surface area (Å²) in [6.45, 7) is 3.23. The van der Waals surface area contributed by atoms with Gasteiger partial charge in [0.25, 0.3) is 5.91 Å². The molecule has 0 unspecified atom stereocenters. The zero-order chi connectivity index (χ0) is 23.1. The van der Waals surface area contributed by atoms with Crippen LogP contribution in [-0.4, -0.2) is 37.1 Å². The van der Waals surface area contributed by atoms with Crippen LogP contribution in [0.2, 0.25) is 0 Å². The van der Waals surface area contributed by atoms with E-state index in [1.54, 1.807) is 0 Å². The quantitative estimate of drug-likeness (QED) is 0.374. The van der Waals surface area contributed by atoms with Crippen LogP contribution in [0.5, 0.6) is 0 Å². The van der Waals surface area contributed by atoms with E-state index < -0.39 is 0 Å². The number of rotatable bonds is 3. The van der Waals surface area contributed by atoms with E-state index in [-0.39, 0.29) is 11.9 Å². The number of carbonyl (C=O) groups is 1. The molecule has 5 aromatic rings. The molecule has 2 aromatic heterocycles. The van der Waals surface area contributed by atoms with Gasteiger partial charge in [0.05, 0.1) is 11.6 Å². The van der Waals surface area contributed by atoms with E-state index in [9.17, 15) is 4.79 Å². The summed E-state index contributed by atoms with van der Waals surface area (Å²) in [4.78, 5) is 20.0. The number of benzene rings is 3. The van der Waals surface area contributed by atoms with Crippen molar-refractivity contribution >= 4 is 16.8 Å². The molecule has 6 nitrogen and oxygen atoms in total. The lowest BCUT2D eigenvalue weighted by Crippen LogP contribution is -2.41. The summed E-state index contributed by atoms with van der Waals surface area (Å²) in [5, 5.41) is 9.99. The summed E-state index contributed by atoms with van der Waals surface area (Å²) in [6.07, 6.45) is 0. The minimum absolute atomic E-state index is 0.00624. The van der Waals surface area contributed by atoms with Crippen LogP contribution in [0.1, 0.15) is 29.1 Å². The molecule has 6 rings (SSSR count). The Kier molecular flexibility index (Phi) is 4.91. The Hall–Kier alpha value is -4.32. The van der Waals surface area contributed by atoms with Crippen LogP contribution in [-0.2, 0) is 6.54 Å². The molecule has 166 valence electrons. The molecule has 1 atom stereocenters. The summed E-state index contributed by atoms with van der Waals surface area (Å²) >= 11 is 0. The van der Waals surface area contributed by atoms with Crippen LogP contribution in [0, 0.1) is 0 Å². The molecular formula is C28H23N5O. The number of carbonyl (C=O) groups excluding carboxylic acids is 1. The van der Waals surface area contributed by atoms with Crippen molar-refractivity contribution in [1.82, 2.24) is 24.6 Å². The Bertz CT molecular complexity index is 1490. The maximum atomic E-state index is 13.3. The van der Waals surface area contributed by atoms with Crippen molar-refractivity contribution in [2.24, 2.45) is 0 Å². The van der Waals surface area contributed by atoms with Gasteiger partial charge >= 0.3 is 0 Å². The van der Waals surface area contributed by atoms with Gasteiger partial charge in [0.15, 0.2) is 11.6 Å². The van der Waals surface area contributed by atoms with Crippen LogP contribution in [0.4, 0.5) is 0 Å². The van der Waals surface area contributed by atoms with Crippen LogP contribution in [0.3, 0.4) is 0 Å². The zero-order valence-electron chi connectivity index (χ0n) is 18.8. The molecule has 0 bridgehead atoms. The number of fused-ring (bicyclic) bond motifs is 2. The number of aromatic nitrogens is 4. The van der Waals surface area contributed by atoms with Gasteiger partial charge in [-0.2, -0.15) is 0 Å². The monoisotopic (exact) mass is 445 g/mol. The average Bonchev–Trinajstić information content (AvgIpc) is 3.34. The number of amides is 1. The summed E-state index contributed by atoms with van der Waals surface area (Å²) < 4.78 is 2.09. The molecule has 0 spiro atoms. The zero-order valence-corrected chi connectivity index (χ0v) is 18.8. The predicted octanol–water partition coefficient (Wildman–Crippen LogP) is 5.38. The van der Waals surface area contributed by atoms with E-state index in [1.165, 1.54) is 0 Å². The number of pyridine rings is 1. The van der Waals surface area contributed by atoms with Crippen molar-refractivity contribution in [2.75, 3.05) is 6.54 Å². The minimum atomic E-state index is -0.184. The molecule has 0 fully saturated rings. The Morgan fingerprint density at radius 3 is 2.35 bits per heavy atom. The molecule has 34 heavy (non-hydrogen) atoms. The maximum absolute atomic E-state index is 13.3. The van der Waals surface area contributed by atoms with Gasteiger partial charge in [-0.1, -0.05) is 66.7 Å². The molecule has 1 amide bonds. The summed E-state index contributed by atoms with van der Waals surface area (Å²) in [5.74, 6) is 1.53. The molecule has 0 radical (unpaired) electrons. The van der Waals surface area contributed by atoms with Gasteiger partial charge in [-0.25, -0.2) is 4.98 Å². The molecular weight excluding hydrogens is 422 g/mol. The van der Waals surface area contributed by atoms with Crippen LogP contribution in [0.25, 0.3) is 33.5 Å². The first-order valence-corrected chi connectivity index (χ1v) is 11.4. The van der Waals surface area contributed by atoms with E-state index in [1.807, 2.05) is 84.6 Å². The smallest absolute Gasteiger partial charge is 0.254 e. The predicted molar refractivity (Wildman–Crippen MR) is 132 cm³/mol. The van der Waals surface area contributed by atoms with Crippen molar-refractivity contribution in [1.29, 1.82) is 0 Å². The van der Waals surface area contributed by atoms with E-state index in [4.69, 9.17) is 4.98 Å². The van der Waals surface area contributed by atoms with E-state index >= 15 is 0 Å². The Balaban J connectivity index is 1.26. The Morgan fingerprint density at radius 2 is 1.53 bits per heavy atom. The van der Waals surface area contributed by atoms with Crippen molar-refractivity contribution in [3.05, 3.63) is 102 Å². The SMILES string of the molecule is C[C@@H]1c2nnc(-c3ccc4ccccc4n3)n2CCN1C(=O)c1ccc(-c2ccccc2)cc1. The lowest BCUT2D eigenvalue weighted by Gasteiger charge is -2.33. The second-order valence-corrected chi connectivity index (χ2v) is 8.54. The molecule has 1 aliphatic rings. The highest BCUT2D eigenvalue weighted by Crippen LogP contribution is 2.30. The molecule has 3 aromatic carbocycles. The first-order valence-electron chi connectivity index (χ1n) is 11.4. The van der Waals surface area contributed by atoms with Gasteiger partial charge < -0.3 is 9.47 Å². The first kappa shape index (κ1) is 20.3. The summed E-state index contributed by atoms with van der Waals surface area (Å²) in [7, 11) is 0. The summed E-state index contributed by atoms with van der Waals surface area (Å²) in [6, 6.07) is 29.9. The van der Waals surface area contributed by atoms with Crippen LogP contribution in [0.15, 0.2) is 91.0 Å². The third kappa shape index (κ3) is 3.44. The van der Waals surface area contributed by atoms with Gasteiger partial charge in [-0.05, 0) is 42.3 Å². The number of nitrogens with zero attached hydrogens (tertiary/aromatic N) is 5. The second-order valence-electron chi connectivity index (χ2n) is 8.54. The molecule has 6 heteroatoms. The third-order valence-corrected chi connectivity index (χ3v) is 6.51. The molecule has 0 saturated carbocycles.